The number of benzene rings is 3. The number of aromatic nitrogens is 2. The first kappa shape index (κ1) is 20.0. The molecule has 1 N–H and O–H groups in total. The lowest BCUT2D eigenvalue weighted by atomic mass is 9.95. The number of nitro groups is 1. The Morgan fingerprint density at radius 2 is 1.78 bits per heavy atom. The summed E-state index contributed by atoms with van der Waals surface area (Å²) >= 11 is 6.06. The number of hydrogen-bond donors (Lipinski definition) is 1. The van der Waals surface area contributed by atoms with E-state index in [4.69, 9.17) is 11.6 Å². The van der Waals surface area contributed by atoms with Crippen molar-refractivity contribution in [3.63, 3.8) is 0 Å². The summed E-state index contributed by atoms with van der Waals surface area (Å²) in [5.74, 6) is -0.260. The topological polar surface area (TPSA) is 92.1 Å². The molecule has 3 aromatic carbocycles. The molecule has 8 heteroatoms. The molecule has 0 spiro atoms. The van der Waals surface area contributed by atoms with Crippen molar-refractivity contribution in [2.24, 2.45) is 0 Å². The minimum Gasteiger partial charge on any atom is -0.295 e. The van der Waals surface area contributed by atoms with Gasteiger partial charge in [-0.25, -0.2) is 0 Å². The van der Waals surface area contributed by atoms with Crippen LogP contribution in [-0.4, -0.2) is 21.0 Å². The van der Waals surface area contributed by atoms with Crippen LogP contribution in [0.2, 0.25) is 5.02 Å². The van der Waals surface area contributed by atoms with Crippen LogP contribution in [0.4, 0.5) is 11.4 Å². The number of nitrogens with one attached hydrogen (secondary N) is 1. The van der Waals surface area contributed by atoms with Gasteiger partial charge in [-0.15, -0.1) is 0 Å². The molecule has 7 nitrogen and oxygen atoms in total. The molecule has 0 fully saturated rings. The number of carbonyl (C=O) groups excluding carboxylic acids is 1. The second-order valence-corrected chi connectivity index (χ2v) is 8.07. The van der Waals surface area contributed by atoms with Crippen molar-refractivity contribution in [1.82, 2.24) is 10.2 Å². The highest BCUT2D eigenvalue weighted by Gasteiger charge is 2.43. The zero-order chi connectivity index (χ0) is 22.4. The van der Waals surface area contributed by atoms with Gasteiger partial charge in [-0.2, -0.15) is 5.10 Å². The number of fused-ring (bicyclic) bond motifs is 1. The fourth-order valence-corrected chi connectivity index (χ4v) is 4.20. The molecule has 32 heavy (non-hydrogen) atoms. The molecule has 5 rings (SSSR count). The lowest BCUT2D eigenvalue weighted by Crippen LogP contribution is -2.29. The molecular weight excluding hydrogens is 428 g/mol. The summed E-state index contributed by atoms with van der Waals surface area (Å²) in [5.41, 5.74) is 4.87. The fraction of sp³-hybridized carbons (Fsp3) is 0.0833. The number of rotatable bonds is 4. The molecule has 4 aromatic rings. The lowest BCUT2D eigenvalue weighted by Gasteiger charge is -2.26. The highest BCUT2D eigenvalue weighted by molar-refractivity contribution is 6.30. The fourth-order valence-electron chi connectivity index (χ4n) is 4.07. The van der Waals surface area contributed by atoms with Gasteiger partial charge in [0.2, 0.25) is 0 Å². The van der Waals surface area contributed by atoms with Gasteiger partial charge in [-0.3, -0.25) is 24.9 Å². The first-order valence-corrected chi connectivity index (χ1v) is 10.3. The van der Waals surface area contributed by atoms with Crippen LogP contribution in [0.25, 0.3) is 11.3 Å². The molecule has 1 aliphatic rings. The Kier molecular flexibility index (Phi) is 4.75. The molecule has 0 radical (unpaired) electrons. The SMILES string of the molecule is Cc1ccc(-c2n[nH]c3c2[C@H](c2cccc([N+](=O)[O-])c2)N(c2ccc(Cl)cc2)C3=O)cc1. The lowest BCUT2D eigenvalue weighted by molar-refractivity contribution is -0.384. The Morgan fingerprint density at radius 3 is 2.47 bits per heavy atom. The number of H-pyrrole nitrogens is 1. The van der Waals surface area contributed by atoms with Crippen molar-refractivity contribution in [2.75, 3.05) is 4.90 Å². The summed E-state index contributed by atoms with van der Waals surface area (Å²) in [6.45, 7) is 2.00. The second kappa shape index (κ2) is 7.62. The van der Waals surface area contributed by atoms with Gasteiger partial charge in [0.25, 0.3) is 11.6 Å². The van der Waals surface area contributed by atoms with Crippen molar-refractivity contribution in [3.8, 4) is 11.3 Å². The van der Waals surface area contributed by atoms with Crippen LogP contribution in [0.1, 0.15) is 33.2 Å². The minimum absolute atomic E-state index is 0.0418. The number of aryl methyl sites for hydroxylation is 1. The van der Waals surface area contributed by atoms with E-state index in [0.29, 0.717) is 33.2 Å². The second-order valence-electron chi connectivity index (χ2n) is 7.63. The van der Waals surface area contributed by atoms with Gasteiger partial charge in [0, 0.05) is 34.0 Å². The van der Waals surface area contributed by atoms with Gasteiger partial charge >= 0.3 is 0 Å². The van der Waals surface area contributed by atoms with E-state index in [1.165, 1.54) is 12.1 Å². The summed E-state index contributed by atoms with van der Waals surface area (Å²) in [5, 5.41) is 19.3. The standard InChI is InChI=1S/C24H17ClN4O3/c1-14-5-7-15(8-6-14)21-20-22(27-26-21)24(30)28(18-11-9-17(25)10-12-18)23(20)16-3-2-4-19(13-16)29(31)32/h2-13,23H,1H3,(H,26,27)/t23-/m0/s1. The van der Waals surface area contributed by atoms with Crippen LogP contribution in [-0.2, 0) is 0 Å². The Hall–Kier alpha value is -3.97. The van der Waals surface area contributed by atoms with Gasteiger partial charge < -0.3 is 0 Å². The van der Waals surface area contributed by atoms with E-state index in [2.05, 4.69) is 10.2 Å². The third kappa shape index (κ3) is 3.23. The molecule has 0 unspecified atom stereocenters. The Balaban J connectivity index is 1.73. The Bertz CT molecular complexity index is 1350. The van der Waals surface area contributed by atoms with Crippen LogP contribution in [0.15, 0.2) is 72.8 Å². The van der Waals surface area contributed by atoms with E-state index in [9.17, 15) is 14.9 Å². The van der Waals surface area contributed by atoms with Crippen molar-refractivity contribution < 1.29 is 9.72 Å². The predicted octanol–water partition coefficient (Wildman–Crippen LogP) is 5.70. The van der Waals surface area contributed by atoms with Crippen LogP contribution < -0.4 is 4.90 Å². The predicted molar refractivity (Wildman–Crippen MR) is 122 cm³/mol. The van der Waals surface area contributed by atoms with E-state index in [0.717, 1.165) is 11.1 Å². The average Bonchev–Trinajstić information content (AvgIpc) is 3.34. The zero-order valence-corrected chi connectivity index (χ0v) is 17.7. The van der Waals surface area contributed by atoms with Gasteiger partial charge in [0.05, 0.1) is 16.7 Å². The molecule has 1 atom stereocenters. The molecular formula is C24H17ClN4O3. The van der Waals surface area contributed by atoms with Gasteiger partial charge in [-0.05, 0) is 36.8 Å². The summed E-state index contributed by atoms with van der Waals surface area (Å²) in [4.78, 5) is 26.1. The summed E-state index contributed by atoms with van der Waals surface area (Å²) < 4.78 is 0. The number of carbonyl (C=O) groups is 1. The number of anilines is 1. The molecule has 0 saturated carbocycles. The third-order valence-electron chi connectivity index (χ3n) is 5.59. The number of nitrogens with zero attached hydrogens (tertiary/aromatic N) is 3. The molecule has 1 aliphatic heterocycles. The van der Waals surface area contributed by atoms with Crippen LogP contribution in [0.5, 0.6) is 0 Å². The molecule has 2 heterocycles. The van der Waals surface area contributed by atoms with Crippen molar-refractivity contribution in [3.05, 3.63) is 110 Å². The van der Waals surface area contributed by atoms with Crippen LogP contribution >= 0.6 is 11.6 Å². The van der Waals surface area contributed by atoms with Crippen LogP contribution in [0, 0.1) is 17.0 Å². The quantitative estimate of drug-likeness (QED) is 0.323. The highest BCUT2D eigenvalue weighted by atomic mass is 35.5. The maximum Gasteiger partial charge on any atom is 0.277 e. The smallest absolute Gasteiger partial charge is 0.277 e. The number of nitro benzene ring substituents is 1. The monoisotopic (exact) mass is 444 g/mol. The molecule has 0 aliphatic carbocycles. The minimum atomic E-state index is -0.589. The molecule has 158 valence electrons. The van der Waals surface area contributed by atoms with E-state index in [-0.39, 0.29) is 11.6 Å². The van der Waals surface area contributed by atoms with E-state index < -0.39 is 11.0 Å². The Morgan fingerprint density at radius 1 is 1.06 bits per heavy atom. The molecule has 0 bridgehead atoms. The number of hydrogen-bond acceptors (Lipinski definition) is 4. The maximum absolute atomic E-state index is 13.5. The number of amides is 1. The van der Waals surface area contributed by atoms with Gasteiger partial charge in [-0.1, -0.05) is 53.6 Å². The van der Waals surface area contributed by atoms with Crippen molar-refractivity contribution in [2.45, 2.75) is 13.0 Å². The molecule has 1 aromatic heterocycles. The van der Waals surface area contributed by atoms with Crippen LogP contribution in [0.3, 0.4) is 0 Å². The average molecular weight is 445 g/mol. The van der Waals surface area contributed by atoms with E-state index in [1.807, 2.05) is 31.2 Å². The third-order valence-corrected chi connectivity index (χ3v) is 5.85. The molecule has 1 amide bonds. The first-order valence-electron chi connectivity index (χ1n) is 9.93. The number of non-ortho nitro benzene ring substituents is 1. The van der Waals surface area contributed by atoms with E-state index >= 15 is 0 Å². The number of aromatic amines is 1. The Labute approximate surface area is 188 Å². The highest BCUT2D eigenvalue weighted by Crippen LogP contribution is 2.45. The summed E-state index contributed by atoms with van der Waals surface area (Å²) in [6, 6.07) is 20.6. The van der Waals surface area contributed by atoms with Gasteiger partial charge in [0.1, 0.15) is 5.69 Å². The summed E-state index contributed by atoms with van der Waals surface area (Å²) in [7, 11) is 0. The van der Waals surface area contributed by atoms with Gasteiger partial charge in [0.15, 0.2) is 0 Å². The normalized spacial score (nSPS) is 15.1. The van der Waals surface area contributed by atoms with Crippen molar-refractivity contribution in [1.29, 1.82) is 0 Å². The maximum atomic E-state index is 13.5. The summed E-state index contributed by atoms with van der Waals surface area (Å²) in [6.07, 6.45) is 0. The van der Waals surface area contributed by atoms with Crippen molar-refractivity contribution >= 4 is 28.9 Å². The zero-order valence-electron chi connectivity index (χ0n) is 16.9. The first-order chi connectivity index (χ1) is 15.4. The number of halogens is 1. The largest absolute Gasteiger partial charge is 0.295 e. The van der Waals surface area contributed by atoms with E-state index in [1.54, 1.807) is 41.3 Å². The molecule has 0 saturated heterocycles.